The Labute approximate surface area is 176 Å². The second-order valence-corrected chi connectivity index (χ2v) is 7.92. The van der Waals surface area contributed by atoms with E-state index in [9.17, 15) is 9.59 Å². The summed E-state index contributed by atoms with van der Waals surface area (Å²) in [5, 5.41) is 0. The second-order valence-electron chi connectivity index (χ2n) is 7.92. The smallest absolute Gasteiger partial charge is 0.229 e. The number of carbonyl (C=O) groups is 2. The molecule has 2 aliphatic rings. The number of hydrogen-bond acceptors (Lipinski definition) is 3. The Morgan fingerprint density at radius 2 is 1.23 bits per heavy atom. The average Bonchev–Trinajstić information content (AvgIpc) is 3.48. The van der Waals surface area contributed by atoms with Crippen LogP contribution < -0.4 is 0 Å². The minimum absolute atomic E-state index is 0.0911. The zero-order valence-electron chi connectivity index (χ0n) is 16.6. The van der Waals surface area contributed by atoms with Gasteiger partial charge in [0.25, 0.3) is 0 Å². The summed E-state index contributed by atoms with van der Waals surface area (Å²) in [6.45, 7) is 0.341. The number of amides is 2. The lowest BCUT2D eigenvalue weighted by Gasteiger charge is -2.24. The van der Waals surface area contributed by atoms with Crippen LogP contribution in [0, 0.1) is 0 Å². The van der Waals surface area contributed by atoms with Gasteiger partial charge in [-0.1, -0.05) is 91.0 Å². The lowest BCUT2D eigenvalue weighted by molar-refractivity contribution is -0.138. The summed E-state index contributed by atoms with van der Waals surface area (Å²) in [6, 6.07) is 30.5. The van der Waals surface area contributed by atoms with Gasteiger partial charge in [0.05, 0.1) is 0 Å². The van der Waals surface area contributed by atoms with E-state index in [4.69, 9.17) is 4.74 Å². The Balaban J connectivity index is 1.57. The zero-order chi connectivity index (χ0) is 20.6. The van der Waals surface area contributed by atoms with E-state index in [2.05, 4.69) is 36.4 Å². The minimum Gasteiger partial charge on any atom is -0.355 e. The molecule has 2 saturated heterocycles. The van der Waals surface area contributed by atoms with Gasteiger partial charge >= 0.3 is 0 Å². The van der Waals surface area contributed by atoms with Gasteiger partial charge in [-0.3, -0.25) is 14.5 Å². The van der Waals surface area contributed by atoms with Crippen molar-refractivity contribution in [2.24, 2.45) is 0 Å². The summed E-state index contributed by atoms with van der Waals surface area (Å²) in [5.41, 5.74) is 2.65. The molecule has 0 aromatic heterocycles. The third kappa shape index (κ3) is 3.14. The summed E-state index contributed by atoms with van der Waals surface area (Å²) in [4.78, 5) is 26.1. The maximum Gasteiger partial charge on any atom is 0.229 e. The number of ether oxygens (including phenoxy) is 1. The number of nitrogens with zero attached hydrogens (tertiary/aromatic N) is 1. The van der Waals surface area contributed by atoms with Gasteiger partial charge in [-0.05, 0) is 16.7 Å². The van der Waals surface area contributed by atoms with Crippen LogP contribution in [0.2, 0.25) is 0 Å². The fourth-order valence-corrected chi connectivity index (χ4v) is 4.63. The van der Waals surface area contributed by atoms with Crippen molar-refractivity contribution in [3.05, 3.63) is 108 Å². The largest absolute Gasteiger partial charge is 0.355 e. The topological polar surface area (TPSA) is 49.9 Å². The number of hydrogen-bond donors (Lipinski definition) is 0. The summed E-state index contributed by atoms with van der Waals surface area (Å²) in [7, 11) is 0. The van der Waals surface area contributed by atoms with Crippen molar-refractivity contribution in [2.75, 3.05) is 6.54 Å². The van der Waals surface area contributed by atoms with Gasteiger partial charge in [0.15, 0.2) is 0 Å². The molecule has 30 heavy (non-hydrogen) atoms. The molecule has 0 bridgehead atoms. The molecule has 4 nitrogen and oxygen atoms in total. The number of carbonyl (C=O) groups excluding carboxylic acids is 2. The van der Waals surface area contributed by atoms with Crippen molar-refractivity contribution in [1.29, 1.82) is 0 Å². The van der Waals surface area contributed by atoms with Crippen LogP contribution in [0.15, 0.2) is 91.0 Å². The molecule has 2 aliphatic heterocycles. The summed E-state index contributed by atoms with van der Waals surface area (Å²) in [5.74, 6) is -0.296. The predicted molar refractivity (Wildman–Crippen MR) is 114 cm³/mol. The fourth-order valence-electron chi connectivity index (χ4n) is 4.63. The Bertz CT molecular complexity index is 994. The molecule has 4 heteroatoms. The van der Waals surface area contributed by atoms with Crippen LogP contribution in [-0.4, -0.2) is 29.4 Å². The van der Waals surface area contributed by atoms with Crippen LogP contribution in [0.3, 0.4) is 0 Å². The highest BCUT2D eigenvalue weighted by molar-refractivity contribution is 6.02. The summed E-state index contributed by atoms with van der Waals surface area (Å²) in [6.07, 6.45) is 0.425. The van der Waals surface area contributed by atoms with Crippen LogP contribution in [0.1, 0.15) is 35.4 Å². The molecule has 0 radical (unpaired) electrons. The fraction of sp³-hybridized carbons (Fsp3) is 0.231. The zero-order valence-corrected chi connectivity index (χ0v) is 16.6. The molecule has 2 fully saturated rings. The van der Waals surface area contributed by atoms with Crippen molar-refractivity contribution in [3.63, 3.8) is 0 Å². The van der Waals surface area contributed by atoms with E-state index < -0.39 is 5.60 Å². The number of rotatable bonds is 6. The van der Waals surface area contributed by atoms with Gasteiger partial charge in [-0.15, -0.1) is 0 Å². The maximum atomic E-state index is 12.4. The Morgan fingerprint density at radius 3 is 1.73 bits per heavy atom. The molecular weight excluding hydrogens is 374 g/mol. The normalized spacial score (nSPS) is 20.9. The van der Waals surface area contributed by atoms with Gasteiger partial charge in [-0.25, -0.2) is 0 Å². The summed E-state index contributed by atoms with van der Waals surface area (Å²) < 4.78 is 6.52. The monoisotopic (exact) mass is 397 g/mol. The van der Waals surface area contributed by atoms with E-state index in [1.54, 1.807) is 0 Å². The van der Waals surface area contributed by atoms with Crippen LogP contribution in [-0.2, 0) is 19.9 Å². The highest BCUT2D eigenvalue weighted by atomic mass is 16.6. The number of likely N-dealkylation sites (tertiary alicyclic amines) is 1. The second kappa shape index (κ2) is 7.54. The third-order valence-corrected chi connectivity index (χ3v) is 6.19. The molecule has 0 N–H and O–H groups in total. The van der Waals surface area contributed by atoms with Crippen LogP contribution in [0.5, 0.6) is 0 Å². The van der Waals surface area contributed by atoms with Crippen LogP contribution in [0.25, 0.3) is 0 Å². The Kier molecular flexibility index (Phi) is 4.72. The molecule has 2 amide bonds. The molecular formula is C26H23NO3. The third-order valence-electron chi connectivity index (χ3n) is 6.19. The van der Waals surface area contributed by atoms with E-state index >= 15 is 0 Å². The van der Waals surface area contributed by atoms with Crippen molar-refractivity contribution < 1.29 is 14.3 Å². The van der Waals surface area contributed by atoms with Crippen molar-refractivity contribution in [2.45, 2.75) is 30.5 Å². The molecule has 3 aromatic carbocycles. The molecule has 0 aliphatic carbocycles. The molecule has 5 rings (SSSR count). The lowest BCUT2D eigenvalue weighted by Crippen LogP contribution is -2.36. The van der Waals surface area contributed by atoms with Gasteiger partial charge in [0.1, 0.15) is 11.7 Å². The van der Waals surface area contributed by atoms with E-state index in [-0.39, 0.29) is 23.8 Å². The molecule has 2 heterocycles. The van der Waals surface area contributed by atoms with E-state index in [1.807, 2.05) is 54.6 Å². The highest BCUT2D eigenvalue weighted by Crippen LogP contribution is 2.57. The van der Waals surface area contributed by atoms with E-state index in [0.29, 0.717) is 19.4 Å². The lowest BCUT2D eigenvalue weighted by atomic mass is 9.81. The number of benzene rings is 3. The molecule has 2 atom stereocenters. The molecule has 3 aromatic rings. The first-order chi connectivity index (χ1) is 14.7. The van der Waals surface area contributed by atoms with Gasteiger partial charge in [-0.2, -0.15) is 0 Å². The van der Waals surface area contributed by atoms with Crippen molar-refractivity contribution in [3.8, 4) is 0 Å². The molecule has 2 unspecified atom stereocenters. The standard InChI is InChI=1S/C26H23NO3/c28-23-16-17-24(29)27(23)18-22(19-10-4-1-5-11-19)25-26(30-25,20-12-6-2-7-13-20)21-14-8-3-9-15-21/h1-15,22,25H,16-18H2. The highest BCUT2D eigenvalue weighted by Gasteiger charge is 2.62. The van der Waals surface area contributed by atoms with E-state index in [0.717, 1.165) is 16.7 Å². The Hall–Kier alpha value is -3.24. The van der Waals surface area contributed by atoms with Gasteiger partial charge < -0.3 is 4.74 Å². The molecule has 150 valence electrons. The van der Waals surface area contributed by atoms with Crippen LogP contribution >= 0.6 is 0 Å². The first-order valence-electron chi connectivity index (χ1n) is 10.4. The quantitative estimate of drug-likeness (QED) is 0.461. The minimum atomic E-state index is -0.588. The summed E-state index contributed by atoms with van der Waals surface area (Å²) >= 11 is 0. The number of epoxide rings is 1. The number of imide groups is 1. The average molecular weight is 397 g/mol. The SMILES string of the molecule is O=C1CCC(=O)N1CC(c1ccccc1)C1OC1(c1ccccc1)c1ccccc1. The Morgan fingerprint density at radius 1 is 0.767 bits per heavy atom. The predicted octanol–water partition coefficient (Wildman–Crippen LogP) is 4.26. The van der Waals surface area contributed by atoms with E-state index in [1.165, 1.54) is 4.90 Å². The van der Waals surface area contributed by atoms with Crippen LogP contribution in [0.4, 0.5) is 0 Å². The first-order valence-corrected chi connectivity index (χ1v) is 10.4. The molecule has 0 saturated carbocycles. The first kappa shape index (κ1) is 18.8. The molecule has 0 spiro atoms. The van der Waals surface area contributed by atoms with Crippen molar-refractivity contribution in [1.82, 2.24) is 4.90 Å². The van der Waals surface area contributed by atoms with Gasteiger partial charge in [0, 0.05) is 25.3 Å². The maximum absolute atomic E-state index is 12.4. The van der Waals surface area contributed by atoms with Crippen molar-refractivity contribution >= 4 is 11.8 Å². The van der Waals surface area contributed by atoms with Gasteiger partial charge in [0.2, 0.25) is 11.8 Å².